The summed E-state index contributed by atoms with van der Waals surface area (Å²) in [5, 5.41) is 3.56. The number of benzene rings is 2. The Morgan fingerprint density at radius 1 is 1.06 bits per heavy atom. The highest BCUT2D eigenvalue weighted by Gasteiger charge is 2.10. The van der Waals surface area contributed by atoms with Gasteiger partial charge in [-0.15, -0.1) is 0 Å². The van der Waals surface area contributed by atoms with Crippen LogP contribution in [0.15, 0.2) is 36.4 Å². The molecular formula is C13H11Cl2FN2. The van der Waals surface area contributed by atoms with Gasteiger partial charge in [0.2, 0.25) is 0 Å². The van der Waals surface area contributed by atoms with Crippen molar-refractivity contribution in [2.75, 3.05) is 11.1 Å². The van der Waals surface area contributed by atoms with Crippen LogP contribution < -0.4 is 11.1 Å². The van der Waals surface area contributed by atoms with Crippen molar-refractivity contribution in [1.82, 2.24) is 0 Å². The van der Waals surface area contributed by atoms with Gasteiger partial charge in [0.1, 0.15) is 0 Å². The molecule has 0 aliphatic carbocycles. The maximum absolute atomic E-state index is 13.8. The first-order chi connectivity index (χ1) is 8.59. The number of anilines is 2. The highest BCUT2D eigenvalue weighted by Crippen LogP contribution is 2.29. The van der Waals surface area contributed by atoms with Gasteiger partial charge in [-0.3, -0.25) is 0 Å². The molecule has 0 unspecified atom stereocenters. The van der Waals surface area contributed by atoms with Crippen LogP contribution in [0.3, 0.4) is 0 Å². The fourth-order valence-corrected chi connectivity index (χ4v) is 1.93. The van der Waals surface area contributed by atoms with Gasteiger partial charge in [0.05, 0.1) is 16.4 Å². The Balaban J connectivity index is 2.21. The molecule has 3 N–H and O–H groups in total. The zero-order chi connectivity index (χ0) is 13.1. The molecule has 0 spiro atoms. The lowest BCUT2D eigenvalue weighted by Gasteiger charge is -2.12. The highest BCUT2D eigenvalue weighted by atomic mass is 35.5. The van der Waals surface area contributed by atoms with Crippen LogP contribution in [0, 0.1) is 5.82 Å². The largest absolute Gasteiger partial charge is 0.397 e. The van der Waals surface area contributed by atoms with Crippen LogP contribution in [0.2, 0.25) is 10.0 Å². The molecule has 94 valence electrons. The normalized spacial score (nSPS) is 10.4. The van der Waals surface area contributed by atoms with Gasteiger partial charge in [-0.05, 0) is 23.8 Å². The predicted octanol–water partition coefficient (Wildman–Crippen LogP) is 4.33. The van der Waals surface area contributed by atoms with Crippen LogP contribution in [0.1, 0.15) is 5.56 Å². The highest BCUT2D eigenvalue weighted by molar-refractivity contribution is 6.31. The first-order valence-corrected chi connectivity index (χ1v) is 6.06. The summed E-state index contributed by atoms with van der Waals surface area (Å²) in [6.45, 7) is 0.376. The molecule has 0 aliphatic rings. The Kier molecular flexibility index (Phi) is 3.94. The lowest BCUT2D eigenvalue weighted by atomic mass is 10.2. The molecule has 0 saturated heterocycles. The summed E-state index contributed by atoms with van der Waals surface area (Å²) in [6.07, 6.45) is 0. The monoisotopic (exact) mass is 284 g/mol. The zero-order valence-electron chi connectivity index (χ0n) is 9.38. The maximum atomic E-state index is 13.8. The number of nitrogen functional groups attached to an aromatic ring is 1. The van der Waals surface area contributed by atoms with E-state index in [-0.39, 0.29) is 10.7 Å². The van der Waals surface area contributed by atoms with Gasteiger partial charge < -0.3 is 11.1 Å². The fourth-order valence-electron chi connectivity index (χ4n) is 1.57. The summed E-state index contributed by atoms with van der Waals surface area (Å²) in [4.78, 5) is 0. The average molecular weight is 285 g/mol. The van der Waals surface area contributed by atoms with E-state index in [4.69, 9.17) is 28.9 Å². The minimum Gasteiger partial charge on any atom is -0.397 e. The molecule has 0 aliphatic heterocycles. The van der Waals surface area contributed by atoms with E-state index in [9.17, 15) is 4.39 Å². The van der Waals surface area contributed by atoms with Crippen molar-refractivity contribution in [1.29, 1.82) is 0 Å². The number of nitrogens with one attached hydrogen (secondary N) is 1. The third-order valence-electron chi connectivity index (χ3n) is 2.54. The van der Waals surface area contributed by atoms with E-state index in [0.29, 0.717) is 17.3 Å². The van der Waals surface area contributed by atoms with E-state index in [2.05, 4.69) is 5.32 Å². The van der Waals surface area contributed by atoms with Crippen molar-refractivity contribution in [3.63, 3.8) is 0 Å². The summed E-state index contributed by atoms with van der Waals surface area (Å²) in [5.41, 5.74) is 7.06. The van der Waals surface area contributed by atoms with Crippen molar-refractivity contribution in [2.45, 2.75) is 6.54 Å². The number of rotatable bonds is 3. The van der Waals surface area contributed by atoms with E-state index in [1.807, 2.05) is 18.2 Å². The molecule has 0 aromatic heterocycles. The number of hydrogen-bond donors (Lipinski definition) is 2. The molecule has 2 nitrogen and oxygen atoms in total. The molecule has 0 radical (unpaired) electrons. The molecule has 5 heteroatoms. The third kappa shape index (κ3) is 2.68. The molecule has 0 heterocycles. The molecule has 0 fully saturated rings. The van der Waals surface area contributed by atoms with E-state index < -0.39 is 5.82 Å². The van der Waals surface area contributed by atoms with Crippen molar-refractivity contribution < 1.29 is 4.39 Å². The van der Waals surface area contributed by atoms with Crippen molar-refractivity contribution in [2.24, 2.45) is 0 Å². The van der Waals surface area contributed by atoms with Gasteiger partial charge in [0.25, 0.3) is 0 Å². The average Bonchev–Trinajstić information content (AvgIpc) is 2.36. The Hall–Kier alpha value is -1.45. The van der Waals surface area contributed by atoms with Crippen molar-refractivity contribution in [3.05, 3.63) is 57.8 Å². The van der Waals surface area contributed by atoms with Gasteiger partial charge in [-0.25, -0.2) is 4.39 Å². The molecule has 2 aromatic rings. The standard InChI is InChI=1S/C13H11Cl2FN2/c14-9-4-2-1-3-8(9)7-18-13-11(17)6-5-10(15)12(13)16/h1-6,18H,7,17H2. The Bertz CT molecular complexity index is 573. The Morgan fingerprint density at radius 2 is 1.78 bits per heavy atom. The number of halogens is 3. The van der Waals surface area contributed by atoms with Gasteiger partial charge in [-0.2, -0.15) is 0 Å². The minimum atomic E-state index is -0.552. The molecule has 2 aromatic carbocycles. The molecule has 18 heavy (non-hydrogen) atoms. The second kappa shape index (κ2) is 5.46. The smallest absolute Gasteiger partial charge is 0.166 e. The summed E-state index contributed by atoms with van der Waals surface area (Å²) < 4.78 is 13.8. The zero-order valence-corrected chi connectivity index (χ0v) is 10.9. The Labute approximate surface area is 115 Å². The second-order valence-corrected chi connectivity index (χ2v) is 4.58. The third-order valence-corrected chi connectivity index (χ3v) is 3.20. The number of hydrogen-bond acceptors (Lipinski definition) is 2. The van der Waals surface area contributed by atoms with Crippen LogP contribution in [0.5, 0.6) is 0 Å². The van der Waals surface area contributed by atoms with Crippen molar-refractivity contribution in [3.8, 4) is 0 Å². The van der Waals surface area contributed by atoms with Gasteiger partial charge in [0.15, 0.2) is 5.82 Å². The quantitative estimate of drug-likeness (QED) is 0.824. The molecule has 0 bridgehead atoms. The first-order valence-electron chi connectivity index (χ1n) is 5.30. The second-order valence-electron chi connectivity index (χ2n) is 3.77. The van der Waals surface area contributed by atoms with E-state index in [1.165, 1.54) is 6.07 Å². The Morgan fingerprint density at radius 3 is 2.50 bits per heavy atom. The summed E-state index contributed by atoms with van der Waals surface area (Å²) in [5.74, 6) is -0.552. The van der Waals surface area contributed by atoms with Crippen LogP contribution >= 0.6 is 23.2 Å². The summed E-state index contributed by atoms with van der Waals surface area (Å²) in [7, 11) is 0. The lowest BCUT2D eigenvalue weighted by molar-refractivity contribution is 0.631. The predicted molar refractivity (Wildman–Crippen MR) is 74.6 cm³/mol. The SMILES string of the molecule is Nc1ccc(Cl)c(F)c1NCc1ccccc1Cl. The first kappa shape index (κ1) is 13.0. The lowest BCUT2D eigenvalue weighted by Crippen LogP contribution is -2.05. The molecule has 0 amide bonds. The van der Waals surface area contributed by atoms with E-state index in [0.717, 1.165) is 5.56 Å². The molecule has 2 rings (SSSR count). The van der Waals surface area contributed by atoms with Gasteiger partial charge >= 0.3 is 0 Å². The molecular weight excluding hydrogens is 274 g/mol. The summed E-state index contributed by atoms with van der Waals surface area (Å²) >= 11 is 11.7. The molecule has 0 atom stereocenters. The van der Waals surface area contributed by atoms with Crippen LogP contribution in [-0.4, -0.2) is 0 Å². The van der Waals surface area contributed by atoms with Gasteiger partial charge in [0, 0.05) is 11.6 Å². The van der Waals surface area contributed by atoms with Crippen LogP contribution in [0.4, 0.5) is 15.8 Å². The topological polar surface area (TPSA) is 38.0 Å². The minimum absolute atomic E-state index is 0.0332. The van der Waals surface area contributed by atoms with Crippen LogP contribution in [0.25, 0.3) is 0 Å². The van der Waals surface area contributed by atoms with E-state index >= 15 is 0 Å². The maximum Gasteiger partial charge on any atom is 0.166 e. The summed E-state index contributed by atoms with van der Waals surface area (Å²) in [6, 6.07) is 10.3. The number of nitrogens with two attached hydrogens (primary N) is 1. The van der Waals surface area contributed by atoms with Gasteiger partial charge in [-0.1, -0.05) is 41.4 Å². The molecule has 0 saturated carbocycles. The van der Waals surface area contributed by atoms with Crippen molar-refractivity contribution >= 4 is 34.6 Å². The van der Waals surface area contributed by atoms with E-state index in [1.54, 1.807) is 12.1 Å². The fraction of sp³-hybridized carbons (Fsp3) is 0.0769. The van der Waals surface area contributed by atoms with Crippen LogP contribution in [-0.2, 0) is 6.54 Å².